The molecule has 3 aliphatic rings. The van der Waals surface area contributed by atoms with E-state index in [2.05, 4.69) is 6.08 Å². The number of hydrogen-bond donors (Lipinski definition) is 0. The van der Waals surface area contributed by atoms with Crippen LogP contribution in [0.25, 0.3) is 0 Å². The van der Waals surface area contributed by atoms with Crippen LogP contribution in [-0.2, 0) is 19.9 Å². The molecule has 22 heavy (non-hydrogen) atoms. The third-order valence-electron chi connectivity index (χ3n) is 4.26. The zero-order chi connectivity index (χ0) is 15.9. The van der Waals surface area contributed by atoms with Crippen molar-refractivity contribution in [2.45, 2.75) is 38.2 Å². The lowest BCUT2D eigenvalue weighted by Crippen LogP contribution is -2.36. The summed E-state index contributed by atoms with van der Waals surface area (Å²) in [7, 11) is 1.63. The maximum Gasteiger partial charge on any atom is 0.308 e. The van der Waals surface area contributed by atoms with E-state index in [-0.39, 0.29) is 17.9 Å². The third kappa shape index (κ3) is 2.22. The highest BCUT2D eigenvalue weighted by Crippen LogP contribution is 2.55. The Kier molecular flexibility index (Phi) is 3.53. The molecule has 0 amide bonds. The first-order valence-electron chi connectivity index (χ1n) is 7.25. The fourth-order valence-electron chi connectivity index (χ4n) is 3.41. The highest BCUT2D eigenvalue weighted by molar-refractivity contribution is 5.74. The van der Waals surface area contributed by atoms with Gasteiger partial charge in [0.15, 0.2) is 0 Å². The van der Waals surface area contributed by atoms with Crippen LogP contribution < -0.4 is 9.47 Å². The van der Waals surface area contributed by atoms with Gasteiger partial charge in [0.1, 0.15) is 17.1 Å². The Morgan fingerprint density at radius 1 is 1.14 bits per heavy atom. The Bertz CT molecular complexity index is 676. The quantitative estimate of drug-likeness (QED) is 0.488. The predicted molar refractivity (Wildman–Crippen MR) is 78.9 cm³/mol. The van der Waals surface area contributed by atoms with Gasteiger partial charge in [0.2, 0.25) is 0 Å². The van der Waals surface area contributed by atoms with E-state index in [0.29, 0.717) is 11.5 Å². The molecular formula is C17H18O5. The van der Waals surface area contributed by atoms with Crippen molar-refractivity contribution in [2.75, 3.05) is 7.11 Å². The SMILES string of the molecule is COC12C=CC(CC1)c1c(OC(C)=O)ccc(OC(C)=O)c12. The molecule has 1 aromatic carbocycles. The van der Waals surface area contributed by atoms with Gasteiger partial charge >= 0.3 is 11.9 Å². The van der Waals surface area contributed by atoms with Gasteiger partial charge in [-0.15, -0.1) is 0 Å². The van der Waals surface area contributed by atoms with Crippen molar-refractivity contribution >= 4 is 11.9 Å². The van der Waals surface area contributed by atoms with Gasteiger partial charge in [0.25, 0.3) is 0 Å². The molecule has 0 fully saturated rings. The summed E-state index contributed by atoms with van der Waals surface area (Å²) in [6, 6.07) is 3.34. The Balaban J connectivity index is 2.22. The molecule has 0 radical (unpaired) electrons. The predicted octanol–water partition coefficient (Wildman–Crippen LogP) is 2.83. The van der Waals surface area contributed by atoms with Gasteiger partial charge in [-0.1, -0.05) is 12.2 Å². The van der Waals surface area contributed by atoms with Crippen LogP contribution in [0.2, 0.25) is 0 Å². The van der Waals surface area contributed by atoms with Gasteiger partial charge in [0.05, 0.1) is 0 Å². The Labute approximate surface area is 128 Å². The molecule has 0 saturated heterocycles. The number of carbonyl (C=O) groups is 2. The van der Waals surface area contributed by atoms with Crippen molar-refractivity contribution in [3.8, 4) is 11.5 Å². The summed E-state index contributed by atoms with van der Waals surface area (Å²) in [5.74, 6) is 0.346. The lowest BCUT2D eigenvalue weighted by Gasteiger charge is -2.43. The molecule has 0 aromatic heterocycles. The maximum absolute atomic E-state index is 11.4. The number of fused-ring (bicyclic) bond motifs is 1. The smallest absolute Gasteiger partial charge is 0.308 e. The topological polar surface area (TPSA) is 61.8 Å². The van der Waals surface area contributed by atoms with Crippen LogP contribution in [-0.4, -0.2) is 19.0 Å². The Morgan fingerprint density at radius 2 is 1.77 bits per heavy atom. The number of carbonyl (C=O) groups excluding carboxylic acids is 2. The molecule has 0 aliphatic heterocycles. The minimum absolute atomic E-state index is 0.136. The first-order valence-corrected chi connectivity index (χ1v) is 7.25. The van der Waals surface area contributed by atoms with Gasteiger partial charge in [-0.05, 0) is 25.0 Å². The molecule has 4 rings (SSSR count). The van der Waals surface area contributed by atoms with Gasteiger partial charge in [-0.3, -0.25) is 9.59 Å². The first-order chi connectivity index (χ1) is 10.5. The molecule has 0 heterocycles. The van der Waals surface area contributed by atoms with Crippen LogP contribution in [0.15, 0.2) is 24.3 Å². The summed E-state index contributed by atoms with van der Waals surface area (Å²) in [5.41, 5.74) is 1.04. The number of allylic oxidation sites excluding steroid dienone is 1. The van der Waals surface area contributed by atoms with E-state index < -0.39 is 5.60 Å². The highest BCUT2D eigenvalue weighted by atomic mass is 16.5. The van der Waals surface area contributed by atoms with Crippen LogP contribution in [0.4, 0.5) is 0 Å². The summed E-state index contributed by atoms with van der Waals surface area (Å²) >= 11 is 0. The molecule has 0 N–H and O–H groups in total. The molecule has 2 unspecified atom stereocenters. The summed E-state index contributed by atoms with van der Waals surface area (Å²) in [6.07, 6.45) is 5.78. The second-order valence-electron chi connectivity index (χ2n) is 5.64. The van der Waals surface area contributed by atoms with Crippen molar-refractivity contribution in [2.24, 2.45) is 0 Å². The molecule has 0 spiro atoms. The maximum atomic E-state index is 11.4. The van der Waals surface area contributed by atoms with Gasteiger partial charge < -0.3 is 14.2 Å². The minimum atomic E-state index is -0.634. The average molecular weight is 302 g/mol. The average Bonchev–Trinajstić information content (AvgIpc) is 2.49. The van der Waals surface area contributed by atoms with Gasteiger partial charge in [0, 0.05) is 38.0 Å². The van der Waals surface area contributed by atoms with E-state index in [1.165, 1.54) is 13.8 Å². The molecule has 2 bridgehead atoms. The number of ether oxygens (including phenoxy) is 3. The number of methoxy groups -OCH3 is 1. The number of rotatable bonds is 3. The van der Waals surface area contributed by atoms with E-state index in [4.69, 9.17) is 14.2 Å². The van der Waals surface area contributed by atoms with E-state index in [1.54, 1.807) is 19.2 Å². The summed E-state index contributed by atoms with van der Waals surface area (Å²) in [5, 5.41) is 0. The first kappa shape index (κ1) is 14.8. The molecule has 5 heteroatoms. The van der Waals surface area contributed by atoms with E-state index in [9.17, 15) is 9.59 Å². The molecule has 0 saturated carbocycles. The largest absolute Gasteiger partial charge is 0.426 e. The molecule has 116 valence electrons. The molecule has 5 nitrogen and oxygen atoms in total. The van der Waals surface area contributed by atoms with E-state index in [0.717, 1.165) is 24.0 Å². The fraction of sp³-hybridized carbons (Fsp3) is 0.412. The van der Waals surface area contributed by atoms with Crippen LogP contribution in [0.3, 0.4) is 0 Å². The van der Waals surface area contributed by atoms with E-state index in [1.807, 2.05) is 6.08 Å². The standard InChI is InChI=1S/C17H18O5/c1-10(18)21-13-4-5-14(22-11(2)19)16-15(13)12-6-8-17(16,20-3)9-7-12/h4-6,8,12H,7,9H2,1-3H3. The summed E-state index contributed by atoms with van der Waals surface area (Å²) in [6.45, 7) is 2.73. The lowest BCUT2D eigenvalue weighted by molar-refractivity contribution is -0.133. The molecule has 2 atom stereocenters. The normalized spacial score (nSPS) is 24.8. The van der Waals surface area contributed by atoms with Crippen LogP contribution >= 0.6 is 0 Å². The van der Waals surface area contributed by atoms with E-state index >= 15 is 0 Å². The van der Waals surface area contributed by atoms with Crippen molar-refractivity contribution in [3.63, 3.8) is 0 Å². The number of esters is 2. The lowest BCUT2D eigenvalue weighted by atomic mass is 9.68. The van der Waals surface area contributed by atoms with Crippen molar-refractivity contribution in [1.82, 2.24) is 0 Å². The Hall–Kier alpha value is -2.14. The van der Waals surface area contributed by atoms with Crippen LogP contribution in [0.5, 0.6) is 11.5 Å². The molecular weight excluding hydrogens is 284 g/mol. The van der Waals surface area contributed by atoms with Gasteiger partial charge in [-0.25, -0.2) is 0 Å². The van der Waals surface area contributed by atoms with Crippen LogP contribution in [0.1, 0.15) is 43.7 Å². The van der Waals surface area contributed by atoms with Crippen LogP contribution in [0, 0.1) is 0 Å². The zero-order valence-electron chi connectivity index (χ0n) is 12.8. The third-order valence-corrected chi connectivity index (χ3v) is 4.26. The second kappa shape index (κ2) is 5.25. The highest BCUT2D eigenvalue weighted by Gasteiger charge is 2.45. The minimum Gasteiger partial charge on any atom is -0.426 e. The number of benzene rings is 1. The molecule has 1 aromatic rings. The van der Waals surface area contributed by atoms with Gasteiger partial charge in [-0.2, -0.15) is 0 Å². The zero-order valence-corrected chi connectivity index (χ0v) is 12.8. The summed E-state index contributed by atoms with van der Waals surface area (Å²) < 4.78 is 16.5. The van der Waals surface area contributed by atoms with Crippen molar-refractivity contribution in [3.05, 3.63) is 35.4 Å². The Morgan fingerprint density at radius 3 is 2.32 bits per heavy atom. The molecule has 3 aliphatic carbocycles. The fourth-order valence-corrected chi connectivity index (χ4v) is 3.41. The van der Waals surface area contributed by atoms with Crippen molar-refractivity contribution < 1.29 is 23.8 Å². The monoisotopic (exact) mass is 302 g/mol. The second-order valence-corrected chi connectivity index (χ2v) is 5.64. The number of hydrogen-bond acceptors (Lipinski definition) is 5. The van der Waals surface area contributed by atoms with Crippen molar-refractivity contribution in [1.29, 1.82) is 0 Å². The summed E-state index contributed by atoms with van der Waals surface area (Å²) in [4.78, 5) is 22.8.